The van der Waals surface area contributed by atoms with Crippen LogP contribution in [0.2, 0.25) is 0 Å². The molecule has 3 aromatic rings. The Morgan fingerprint density at radius 1 is 1.09 bits per heavy atom. The van der Waals surface area contributed by atoms with Crippen molar-refractivity contribution in [2.45, 2.75) is 5.75 Å². The van der Waals surface area contributed by atoms with E-state index in [9.17, 15) is 13.7 Å². The van der Waals surface area contributed by atoms with Crippen molar-refractivity contribution < 1.29 is 8.42 Å². The van der Waals surface area contributed by atoms with Gasteiger partial charge >= 0.3 is 0 Å². The third-order valence-corrected chi connectivity index (χ3v) is 5.67. The van der Waals surface area contributed by atoms with E-state index in [-0.39, 0.29) is 5.75 Å². The Morgan fingerprint density at radius 2 is 1.82 bits per heavy atom. The second kappa shape index (κ2) is 5.59. The van der Waals surface area contributed by atoms with Gasteiger partial charge in [-0.2, -0.15) is 5.26 Å². The van der Waals surface area contributed by atoms with Gasteiger partial charge in [0.05, 0.1) is 16.8 Å². The van der Waals surface area contributed by atoms with Gasteiger partial charge in [-0.1, -0.05) is 46.3 Å². The number of fused-ring (bicyclic) bond motifs is 1. The van der Waals surface area contributed by atoms with Crippen molar-refractivity contribution in [2.24, 2.45) is 0 Å². The van der Waals surface area contributed by atoms with Crippen molar-refractivity contribution in [3.63, 3.8) is 0 Å². The summed E-state index contributed by atoms with van der Waals surface area (Å²) in [6, 6.07) is 16.1. The smallest absolute Gasteiger partial charge is 0.243 e. The normalized spacial score (nSPS) is 11.5. The molecule has 0 aliphatic carbocycles. The van der Waals surface area contributed by atoms with Crippen LogP contribution in [-0.4, -0.2) is 12.4 Å². The Balaban J connectivity index is 2.18. The quantitative estimate of drug-likeness (QED) is 0.702. The van der Waals surface area contributed by atoms with Crippen LogP contribution in [0.5, 0.6) is 0 Å². The molecule has 0 radical (unpaired) electrons. The molecule has 4 nitrogen and oxygen atoms in total. The highest BCUT2D eigenvalue weighted by atomic mass is 79.9. The summed E-state index contributed by atoms with van der Waals surface area (Å²) < 4.78 is 27.3. The summed E-state index contributed by atoms with van der Waals surface area (Å²) in [5.41, 5.74) is 1.45. The fourth-order valence-electron chi connectivity index (χ4n) is 2.37. The minimum atomic E-state index is -3.60. The Morgan fingerprint density at radius 3 is 2.50 bits per heavy atom. The summed E-state index contributed by atoms with van der Waals surface area (Å²) in [4.78, 5) is 0. The second-order valence-corrected chi connectivity index (χ2v) is 7.52. The first-order valence-electron chi connectivity index (χ1n) is 6.50. The predicted molar refractivity (Wildman–Crippen MR) is 88.8 cm³/mol. The minimum absolute atomic E-state index is 0.116. The minimum Gasteiger partial charge on any atom is -0.243 e. The Bertz CT molecular complexity index is 986. The van der Waals surface area contributed by atoms with Gasteiger partial charge in [-0.25, -0.2) is 12.4 Å². The topological polar surface area (TPSA) is 62.9 Å². The summed E-state index contributed by atoms with van der Waals surface area (Å²) in [7, 11) is -3.60. The highest BCUT2D eigenvalue weighted by Gasteiger charge is 2.19. The maximum Gasteiger partial charge on any atom is 0.243 e. The van der Waals surface area contributed by atoms with E-state index in [2.05, 4.69) is 22.0 Å². The first kappa shape index (κ1) is 14.8. The van der Waals surface area contributed by atoms with E-state index in [0.29, 0.717) is 22.0 Å². The summed E-state index contributed by atoms with van der Waals surface area (Å²) in [6.07, 6.45) is 1.49. The summed E-state index contributed by atoms with van der Waals surface area (Å²) in [5, 5.41) is 9.96. The van der Waals surface area contributed by atoms with E-state index in [1.54, 1.807) is 42.5 Å². The van der Waals surface area contributed by atoms with Gasteiger partial charge in [-0.15, -0.1) is 0 Å². The van der Waals surface area contributed by atoms with E-state index in [1.165, 1.54) is 10.2 Å². The zero-order valence-electron chi connectivity index (χ0n) is 11.4. The molecular formula is C16H11BrN2O2S. The van der Waals surface area contributed by atoms with Crippen LogP contribution in [0.3, 0.4) is 0 Å². The standard InChI is InChI=1S/C16H11BrN2O2S/c17-15-7-6-13(10-18)16-14(15)8-9-19(16)22(20,21)11-12-4-2-1-3-5-12/h1-9H,11H2. The van der Waals surface area contributed by atoms with Crippen molar-refractivity contribution in [3.8, 4) is 6.07 Å². The van der Waals surface area contributed by atoms with Gasteiger partial charge in [0, 0.05) is 16.1 Å². The Labute approximate surface area is 136 Å². The van der Waals surface area contributed by atoms with E-state index in [4.69, 9.17) is 0 Å². The van der Waals surface area contributed by atoms with Gasteiger partial charge in [0.2, 0.25) is 10.0 Å². The fraction of sp³-hybridized carbons (Fsp3) is 0.0625. The summed E-state index contributed by atoms with van der Waals surface area (Å²) in [5.74, 6) is -0.116. The predicted octanol–water partition coefficient (Wildman–Crippen LogP) is 3.65. The number of hydrogen-bond donors (Lipinski definition) is 0. The third-order valence-electron chi connectivity index (χ3n) is 3.37. The first-order chi connectivity index (χ1) is 10.5. The van der Waals surface area contributed by atoms with Gasteiger partial charge in [0.25, 0.3) is 0 Å². The third kappa shape index (κ3) is 2.54. The molecule has 0 aliphatic heterocycles. The van der Waals surface area contributed by atoms with Gasteiger partial charge in [-0.05, 0) is 23.8 Å². The number of rotatable bonds is 3. The second-order valence-electron chi connectivity index (χ2n) is 4.82. The lowest BCUT2D eigenvalue weighted by molar-refractivity contribution is 0.588. The molecule has 0 saturated heterocycles. The number of halogens is 1. The van der Waals surface area contributed by atoms with Gasteiger partial charge < -0.3 is 0 Å². The zero-order valence-corrected chi connectivity index (χ0v) is 13.8. The molecule has 3 rings (SSSR count). The van der Waals surface area contributed by atoms with Crippen LogP contribution >= 0.6 is 15.9 Å². The molecule has 0 N–H and O–H groups in total. The maximum absolute atomic E-state index is 12.7. The van der Waals surface area contributed by atoms with Crippen LogP contribution in [0, 0.1) is 11.3 Å². The lowest BCUT2D eigenvalue weighted by Crippen LogP contribution is -2.14. The molecule has 0 fully saturated rings. The highest BCUT2D eigenvalue weighted by Crippen LogP contribution is 2.29. The molecule has 0 bridgehead atoms. The van der Waals surface area contributed by atoms with Crippen molar-refractivity contribution in [1.82, 2.24) is 3.97 Å². The maximum atomic E-state index is 12.7. The van der Waals surface area contributed by atoms with Crippen LogP contribution in [0.15, 0.2) is 59.2 Å². The number of aromatic nitrogens is 1. The SMILES string of the molecule is N#Cc1ccc(Br)c2ccn(S(=O)(=O)Cc3ccccc3)c12. The van der Waals surface area contributed by atoms with Crippen molar-refractivity contribution in [1.29, 1.82) is 5.26 Å². The highest BCUT2D eigenvalue weighted by molar-refractivity contribution is 9.10. The van der Waals surface area contributed by atoms with Gasteiger partial charge in [0.15, 0.2) is 0 Å². The molecule has 6 heteroatoms. The van der Waals surface area contributed by atoms with E-state index < -0.39 is 10.0 Å². The van der Waals surface area contributed by atoms with E-state index in [1.807, 2.05) is 6.07 Å². The summed E-state index contributed by atoms with van der Waals surface area (Å²) >= 11 is 3.39. The van der Waals surface area contributed by atoms with Gasteiger partial charge in [-0.3, -0.25) is 0 Å². The Kier molecular flexibility index (Phi) is 3.77. The average Bonchev–Trinajstić information content (AvgIpc) is 2.95. The van der Waals surface area contributed by atoms with Crippen LogP contribution < -0.4 is 0 Å². The molecule has 0 unspecified atom stereocenters. The van der Waals surface area contributed by atoms with Crippen LogP contribution in [0.25, 0.3) is 10.9 Å². The van der Waals surface area contributed by atoms with Crippen molar-refractivity contribution in [2.75, 3.05) is 0 Å². The molecule has 1 aromatic heterocycles. The molecular weight excluding hydrogens is 364 g/mol. The van der Waals surface area contributed by atoms with E-state index >= 15 is 0 Å². The number of nitrogens with zero attached hydrogens (tertiary/aromatic N) is 2. The van der Waals surface area contributed by atoms with Gasteiger partial charge in [0.1, 0.15) is 6.07 Å². The fourth-order valence-corrected chi connectivity index (χ4v) is 4.30. The van der Waals surface area contributed by atoms with Crippen LogP contribution in [-0.2, 0) is 15.8 Å². The summed E-state index contributed by atoms with van der Waals surface area (Å²) in [6.45, 7) is 0. The first-order valence-corrected chi connectivity index (χ1v) is 8.90. The van der Waals surface area contributed by atoms with Crippen molar-refractivity contribution >= 4 is 36.9 Å². The molecule has 1 heterocycles. The largest absolute Gasteiger partial charge is 0.243 e. The molecule has 0 amide bonds. The Hall–Kier alpha value is -2.10. The number of hydrogen-bond acceptors (Lipinski definition) is 3. The zero-order chi connectivity index (χ0) is 15.7. The average molecular weight is 375 g/mol. The lowest BCUT2D eigenvalue weighted by Gasteiger charge is -2.09. The number of benzene rings is 2. The molecule has 0 aliphatic rings. The van der Waals surface area contributed by atoms with Crippen LogP contribution in [0.1, 0.15) is 11.1 Å². The van der Waals surface area contributed by atoms with Crippen molar-refractivity contribution in [3.05, 3.63) is 70.3 Å². The monoisotopic (exact) mass is 374 g/mol. The lowest BCUT2D eigenvalue weighted by atomic mass is 10.2. The number of nitriles is 1. The van der Waals surface area contributed by atoms with Crippen LogP contribution in [0.4, 0.5) is 0 Å². The molecule has 0 atom stereocenters. The molecule has 2 aromatic carbocycles. The molecule has 0 saturated carbocycles. The molecule has 0 spiro atoms. The molecule has 110 valence electrons. The van der Waals surface area contributed by atoms with E-state index in [0.717, 1.165) is 4.47 Å². The molecule has 22 heavy (non-hydrogen) atoms.